The lowest BCUT2D eigenvalue weighted by Crippen LogP contribution is -2.31. The monoisotopic (exact) mass is 308 g/mol. The van der Waals surface area contributed by atoms with Crippen molar-refractivity contribution in [1.29, 1.82) is 0 Å². The Morgan fingerprint density at radius 3 is 2.65 bits per heavy atom. The number of carbonyl (C=O) groups is 2. The molecule has 1 heterocycles. The van der Waals surface area contributed by atoms with E-state index in [1.54, 1.807) is 6.26 Å². The zero-order valence-corrected chi connectivity index (χ0v) is 13.8. The van der Waals surface area contributed by atoms with Crippen LogP contribution in [0.25, 0.3) is 11.3 Å². The largest absolute Gasteiger partial charge is 0.463 e. The summed E-state index contributed by atoms with van der Waals surface area (Å²) in [5, 5.41) is 0. The number of hydrogen-bond donors (Lipinski definition) is 0. The minimum absolute atomic E-state index is 0.0886. The van der Waals surface area contributed by atoms with Gasteiger partial charge in [-0.2, -0.15) is 0 Å². The van der Waals surface area contributed by atoms with Gasteiger partial charge in [-0.1, -0.05) is 26.0 Å². The SMILES string of the molecule is CCC1(C)CCCc2c1ccc1c2C(=O)C(=O)c2c(C)coc2-1. The van der Waals surface area contributed by atoms with Gasteiger partial charge in [-0.3, -0.25) is 9.59 Å². The molecule has 1 unspecified atom stereocenters. The molecule has 0 bridgehead atoms. The van der Waals surface area contributed by atoms with Crippen LogP contribution in [0.15, 0.2) is 22.8 Å². The first-order valence-corrected chi connectivity index (χ1v) is 8.32. The third-order valence-electron chi connectivity index (χ3n) is 5.78. The van der Waals surface area contributed by atoms with Crippen LogP contribution in [0.3, 0.4) is 0 Å². The standard InChI is InChI=1S/C20H20O3/c1-4-20(3)9-5-6-12-14(20)8-7-13-16(12)18(22)17(21)15-11(2)10-23-19(13)15/h7-8,10H,4-6,9H2,1-3H3. The number of Topliss-reactive ketones (excluding diaryl/α,β-unsaturated/α-hetero) is 2. The minimum Gasteiger partial charge on any atom is -0.463 e. The van der Waals surface area contributed by atoms with Gasteiger partial charge in [-0.15, -0.1) is 0 Å². The Balaban J connectivity index is 2.05. The van der Waals surface area contributed by atoms with E-state index in [4.69, 9.17) is 4.42 Å². The van der Waals surface area contributed by atoms with Gasteiger partial charge in [0.15, 0.2) is 0 Å². The van der Waals surface area contributed by atoms with Gasteiger partial charge >= 0.3 is 0 Å². The first kappa shape index (κ1) is 14.4. The Kier molecular flexibility index (Phi) is 2.93. The highest BCUT2D eigenvalue weighted by Crippen LogP contribution is 2.45. The van der Waals surface area contributed by atoms with E-state index in [0.717, 1.165) is 42.4 Å². The molecule has 0 saturated heterocycles. The topological polar surface area (TPSA) is 47.3 Å². The van der Waals surface area contributed by atoms with Crippen molar-refractivity contribution in [2.75, 3.05) is 0 Å². The number of aryl methyl sites for hydroxylation is 1. The summed E-state index contributed by atoms with van der Waals surface area (Å²) in [7, 11) is 0. The fourth-order valence-electron chi connectivity index (χ4n) is 4.23. The predicted molar refractivity (Wildman–Crippen MR) is 88.1 cm³/mol. The summed E-state index contributed by atoms with van der Waals surface area (Å²) in [5.41, 5.74) is 4.95. The highest BCUT2D eigenvalue weighted by atomic mass is 16.3. The van der Waals surface area contributed by atoms with Crippen LogP contribution in [0.2, 0.25) is 0 Å². The molecule has 0 N–H and O–H groups in total. The lowest BCUT2D eigenvalue weighted by atomic mass is 9.67. The second-order valence-corrected chi connectivity index (χ2v) is 7.06. The number of furan rings is 1. The van der Waals surface area contributed by atoms with Crippen LogP contribution in [-0.2, 0) is 11.8 Å². The molecular weight excluding hydrogens is 288 g/mol. The van der Waals surface area contributed by atoms with Crippen LogP contribution in [0.4, 0.5) is 0 Å². The maximum atomic E-state index is 12.8. The maximum Gasteiger partial charge on any atom is 0.237 e. The summed E-state index contributed by atoms with van der Waals surface area (Å²) < 4.78 is 5.63. The summed E-state index contributed by atoms with van der Waals surface area (Å²) in [4.78, 5) is 25.4. The van der Waals surface area contributed by atoms with Gasteiger partial charge in [0.2, 0.25) is 11.6 Å². The van der Waals surface area contributed by atoms with Crippen LogP contribution in [0, 0.1) is 6.92 Å². The van der Waals surface area contributed by atoms with Crippen LogP contribution < -0.4 is 0 Å². The molecule has 1 aromatic heterocycles. The maximum absolute atomic E-state index is 12.8. The first-order chi connectivity index (χ1) is 11.0. The smallest absolute Gasteiger partial charge is 0.237 e. The summed E-state index contributed by atoms with van der Waals surface area (Å²) in [6.07, 6.45) is 5.65. The predicted octanol–water partition coefficient (Wildman–Crippen LogP) is 4.64. The average Bonchev–Trinajstić information content (AvgIpc) is 2.94. The summed E-state index contributed by atoms with van der Waals surface area (Å²) >= 11 is 0. The van der Waals surface area contributed by atoms with Gasteiger partial charge in [-0.05, 0) is 54.7 Å². The van der Waals surface area contributed by atoms with Gasteiger partial charge in [0, 0.05) is 11.1 Å². The van der Waals surface area contributed by atoms with Gasteiger partial charge in [0.25, 0.3) is 0 Å². The third kappa shape index (κ3) is 1.76. The molecule has 3 heteroatoms. The summed E-state index contributed by atoms with van der Waals surface area (Å²) in [5.74, 6) is -0.223. The molecule has 0 fully saturated rings. The fraction of sp³-hybridized carbons (Fsp3) is 0.400. The number of fused-ring (bicyclic) bond motifs is 5. The molecule has 0 amide bonds. The van der Waals surface area contributed by atoms with Crippen LogP contribution in [0.1, 0.15) is 70.5 Å². The molecule has 0 radical (unpaired) electrons. The lowest BCUT2D eigenvalue weighted by Gasteiger charge is -2.37. The highest BCUT2D eigenvalue weighted by molar-refractivity contribution is 6.53. The van der Waals surface area contributed by atoms with E-state index in [-0.39, 0.29) is 11.2 Å². The van der Waals surface area contributed by atoms with Crippen molar-refractivity contribution in [3.63, 3.8) is 0 Å². The Bertz CT molecular complexity index is 856. The molecule has 0 saturated carbocycles. The Hall–Kier alpha value is -2.16. The van der Waals surface area contributed by atoms with Crippen LogP contribution in [0.5, 0.6) is 0 Å². The van der Waals surface area contributed by atoms with E-state index in [9.17, 15) is 9.59 Å². The number of rotatable bonds is 1. The number of benzene rings is 1. The molecule has 3 nitrogen and oxygen atoms in total. The summed E-state index contributed by atoms with van der Waals surface area (Å²) in [6.45, 7) is 6.26. The Labute approximate surface area is 135 Å². The Morgan fingerprint density at radius 1 is 1.17 bits per heavy atom. The molecule has 23 heavy (non-hydrogen) atoms. The van der Waals surface area contributed by atoms with E-state index in [1.807, 2.05) is 13.0 Å². The Morgan fingerprint density at radius 2 is 1.91 bits per heavy atom. The van der Waals surface area contributed by atoms with Crippen molar-refractivity contribution in [2.45, 2.75) is 51.9 Å². The van der Waals surface area contributed by atoms with Crippen molar-refractivity contribution in [3.8, 4) is 11.3 Å². The zero-order valence-electron chi connectivity index (χ0n) is 13.8. The molecule has 2 aliphatic rings. The first-order valence-electron chi connectivity index (χ1n) is 8.32. The highest BCUT2D eigenvalue weighted by Gasteiger charge is 2.40. The minimum atomic E-state index is -0.420. The number of ketones is 2. The second-order valence-electron chi connectivity index (χ2n) is 7.06. The van der Waals surface area contributed by atoms with Crippen molar-refractivity contribution >= 4 is 11.6 Å². The molecule has 4 rings (SSSR count). The van der Waals surface area contributed by atoms with Gasteiger partial charge < -0.3 is 4.42 Å². The lowest BCUT2D eigenvalue weighted by molar-refractivity contribution is 0.0813. The van der Waals surface area contributed by atoms with Crippen molar-refractivity contribution in [2.24, 2.45) is 0 Å². The molecule has 2 aromatic rings. The summed E-state index contributed by atoms with van der Waals surface area (Å²) in [6, 6.07) is 4.11. The fourth-order valence-corrected chi connectivity index (χ4v) is 4.23. The molecule has 118 valence electrons. The third-order valence-corrected chi connectivity index (χ3v) is 5.78. The van der Waals surface area contributed by atoms with Crippen molar-refractivity contribution in [3.05, 3.63) is 46.2 Å². The molecule has 0 spiro atoms. The van der Waals surface area contributed by atoms with Gasteiger partial charge in [-0.25, -0.2) is 0 Å². The molecule has 2 aliphatic carbocycles. The quantitative estimate of drug-likeness (QED) is 0.721. The molecular formula is C20H20O3. The molecule has 0 aliphatic heterocycles. The average molecular weight is 308 g/mol. The van der Waals surface area contributed by atoms with E-state index in [1.165, 1.54) is 5.56 Å². The second kappa shape index (κ2) is 4.67. The van der Waals surface area contributed by atoms with E-state index in [2.05, 4.69) is 19.9 Å². The van der Waals surface area contributed by atoms with Gasteiger partial charge in [0.05, 0.1) is 11.8 Å². The van der Waals surface area contributed by atoms with Gasteiger partial charge in [0.1, 0.15) is 5.76 Å². The zero-order chi connectivity index (χ0) is 16.4. The van der Waals surface area contributed by atoms with Crippen LogP contribution in [-0.4, -0.2) is 11.6 Å². The normalized spacial score (nSPS) is 22.6. The van der Waals surface area contributed by atoms with Crippen molar-refractivity contribution < 1.29 is 14.0 Å². The van der Waals surface area contributed by atoms with Crippen LogP contribution >= 0.6 is 0 Å². The number of hydrogen-bond acceptors (Lipinski definition) is 3. The molecule has 1 atom stereocenters. The van der Waals surface area contributed by atoms with E-state index in [0.29, 0.717) is 16.9 Å². The van der Waals surface area contributed by atoms with Crippen molar-refractivity contribution in [1.82, 2.24) is 0 Å². The number of carbonyl (C=O) groups excluding carboxylic acids is 2. The van der Waals surface area contributed by atoms with E-state index < -0.39 is 5.78 Å². The molecule has 1 aromatic carbocycles. The van der Waals surface area contributed by atoms with E-state index >= 15 is 0 Å².